The number of benzene rings is 2. The lowest BCUT2D eigenvalue weighted by Gasteiger charge is -2.35. The first-order valence-electron chi connectivity index (χ1n) is 11.1. The van der Waals surface area contributed by atoms with Gasteiger partial charge in [-0.1, -0.05) is 26.0 Å². The van der Waals surface area contributed by atoms with Crippen molar-refractivity contribution < 1.29 is 9.59 Å². The van der Waals surface area contributed by atoms with Gasteiger partial charge in [0.1, 0.15) is 0 Å². The van der Waals surface area contributed by atoms with Gasteiger partial charge < -0.3 is 15.1 Å². The lowest BCUT2D eigenvalue weighted by Crippen LogP contribution is -2.50. The van der Waals surface area contributed by atoms with Crippen molar-refractivity contribution in [3.05, 3.63) is 64.7 Å². The summed E-state index contributed by atoms with van der Waals surface area (Å²) < 4.78 is 0. The van der Waals surface area contributed by atoms with Gasteiger partial charge in [-0.25, -0.2) is 0 Å². The molecule has 0 bridgehead atoms. The molecule has 0 spiro atoms. The molecule has 1 saturated heterocycles. The third-order valence-corrected chi connectivity index (χ3v) is 6.22. The van der Waals surface area contributed by atoms with E-state index in [0.717, 1.165) is 42.6 Å². The van der Waals surface area contributed by atoms with E-state index in [9.17, 15) is 9.59 Å². The maximum absolute atomic E-state index is 13.0. The second-order valence-electron chi connectivity index (χ2n) is 8.62. The van der Waals surface area contributed by atoms with Crippen LogP contribution in [0, 0.1) is 0 Å². The molecule has 1 N–H and O–H groups in total. The number of anilines is 1. The summed E-state index contributed by atoms with van der Waals surface area (Å²) in [5.41, 5.74) is 5.09. The molecule has 2 aliphatic rings. The first kappa shape index (κ1) is 20.5. The van der Waals surface area contributed by atoms with Crippen LogP contribution in [0.1, 0.15) is 64.4 Å². The van der Waals surface area contributed by atoms with Crippen LogP contribution in [0.2, 0.25) is 0 Å². The van der Waals surface area contributed by atoms with Gasteiger partial charge in [0.15, 0.2) is 0 Å². The topological polar surface area (TPSA) is 52.7 Å². The van der Waals surface area contributed by atoms with E-state index in [1.807, 2.05) is 52.3 Å². The van der Waals surface area contributed by atoms with E-state index in [4.69, 9.17) is 0 Å². The third kappa shape index (κ3) is 4.35. The average molecular weight is 406 g/mol. The van der Waals surface area contributed by atoms with Gasteiger partial charge in [0.05, 0.1) is 0 Å². The average Bonchev–Trinajstić information content (AvgIpc) is 3.03. The zero-order valence-corrected chi connectivity index (χ0v) is 18.0. The van der Waals surface area contributed by atoms with Crippen molar-refractivity contribution in [2.45, 2.75) is 39.0 Å². The van der Waals surface area contributed by atoms with Gasteiger partial charge in [-0.15, -0.1) is 0 Å². The zero-order valence-electron chi connectivity index (χ0n) is 18.0. The van der Waals surface area contributed by atoms with Crippen LogP contribution in [0.5, 0.6) is 0 Å². The Bertz CT molecular complexity index is 912. The van der Waals surface area contributed by atoms with Crippen molar-refractivity contribution >= 4 is 17.5 Å². The van der Waals surface area contributed by atoms with Crippen LogP contribution in [-0.4, -0.2) is 54.3 Å². The highest BCUT2D eigenvalue weighted by Gasteiger charge is 2.26. The van der Waals surface area contributed by atoms with Crippen LogP contribution in [0.25, 0.3) is 0 Å². The minimum Gasteiger partial charge on any atom is -0.385 e. The molecule has 0 aliphatic carbocycles. The number of aryl methyl sites for hydroxylation is 1. The molecule has 30 heavy (non-hydrogen) atoms. The number of rotatable bonds is 3. The molecule has 0 radical (unpaired) electrons. The van der Waals surface area contributed by atoms with Crippen molar-refractivity contribution in [3.8, 4) is 0 Å². The molecule has 5 nitrogen and oxygen atoms in total. The van der Waals surface area contributed by atoms with E-state index in [1.165, 1.54) is 11.1 Å². The number of hydrogen-bond acceptors (Lipinski definition) is 3. The Morgan fingerprint density at radius 3 is 2.07 bits per heavy atom. The van der Waals surface area contributed by atoms with E-state index < -0.39 is 0 Å². The van der Waals surface area contributed by atoms with Crippen molar-refractivity contribution in [2.24, 2.45) is 0 Å². The largest absolute Gasteiger partial charge is 0.385 e. The highest BCUT2D eigenvalue weighted by Crippen LogP contribution is 2.24. The summed E-state index contributed by atoms with van der Waals surface area (Å²) in [5.74, 6) is 0.566. The Hall–Kier alpha value is -2.82. The van der Waals surface area contributed by atoms with Crippen molar-refractivity contribution in [2.75, 3.05) is 38.0 Å². The summed E-state index contributed by atoms with van der Waals surface area (Å²) in [4.78, 5) is 29.6. The number of piperazine rings is 1. The zero-order chi connectivity index (χ0) is 21.1. The fourth-order valence-corrected chi connectivity index (χ4v) is 4.26. The van der Waals surface area contributed by atoms with E-state index in [2.05, 4.69) is 19.2 Å². The van der Waals surface area contributed by atoms with E-state index in [-0.39, 0.29) is 11.8 Å². The normalized spacial score (nSPS) is 16.6. The second-order valence-corrected chi connectivity index (χ2v) is 8.62. The van der Waals surface area contributed by atoms with Gasteiger partial charge in [-0.3, -0.25) is 9.59 Å². The van der Waals surface area contributed by atoms with Gasteiger partial charge in [-0.2, -0.15) is 0 Å². The van der Waals surface area contributed by atoms with Crippen LogP contribution >= 0.6 is 0 Å². The highest BCUT2D eigenvalue weighted by atomic mass is 16.2. The minimum atomic E-state index is 0.0495. The standard InChI is InChI=1S/C25H31N3O2/c1-18(2)19-6-8-20(9-7-19)24(29)27-13-15-28(16-14-27)25(30)22-10-11-23-21(17-22)5-3-4-12-26-23/h6-11,17-18,26H,3-5,12-16H2,1-2H3. The molecule has 5 heteroatoms. The summed E-state index contributed by atoms with van der Waals surface area (Å²) in [7, 11) is 0. The van der Waals surface area contributed by atoms with Gasteiger partial charge in [0.2, 0.25) is 0 Å². The molecule has 0 atom stereocenters. The Morgan fingerprint density at radius 2 is 1.43 bits per heavy atom. The predicted molar refractivity (Wildman–Crippen MR) is 120 cm³/mol. The molecule has 0 unspecified atom stereocenters. The molecule has 0 aromatic heterocycles. The molecule has 2 aliphatic heterocycles. The Kier molecular flexibility index (Phi) is 6.07. The number of nitrogens with one attached hydrogen (secondary N) is 1. The Labute approximate surface area is 179 Å². The maximum Gasteiger partial charge on any atom is 0.253 e. The molecular formula is C25H31N3O2. The fourth-order valence-electron chi connectivity index (χ4n) is 4.26. The monoisotopic (exact) mass is 405 g/mol. The molecule has 2 heterocycles. The molecule has 2 aromatic rings. The fraction of sp³-hybridized carbons (Fsp3) is 0.440. The molecule has 2 aromatic carbocycles. The molecule has 158 valence electrons. The third-order valence-electron chi connectivity index (χ3n) is 6.22. The van der Waals surface area contributed by atoms with E-state index in [0.29, 0.717) is 32.1 Å². The number of nitrogens with zero attached hydrogens (tertiary/aromatic N) is 2. The van der Waals surface area contributed by atoms with E-state index >= 15 is 0 Å². The second kappa shape index (κ2) is 8.90. The maximum atomic E-state index is 13.0. The lowest BCUT2D eigenvalue weighted by atomic mass is 10.0. The Balaban J connectivity index is 1.37. The first-order valence-corrected chi connectivity index (χ1v) is 11.1. The smallest absolute Gasteiger partial charge is 0.253 e. The number of carbonyl (C=O) groups excluding carboxylic acids is 2. The summed E-state index contributed by atoms with van der Waals surface area (Å²) in [6.07, 6.45) is 3.33. The SMILES string of the molecule is CC(C)c1ccc(C(=O)N2CCN(C(=O)c3ccc4c(c3)CCCCN4)CC2)cc1. The van der Waals surface area contributed by atoms with E-state index in [1.54, 1.807) is 0 Å². The molecule has 2 amide bonds. The van der Waals surface area contributed by atoms with Gasteiger partial charge >= 0.3 is 0 Å². The van der Waals surface area contributed by atoms with Crippen LogP contribution in [-0.2, 0) is 6.42 Å². The van der Waals surface area contributed by atoms with Crippen LogP contribution in [0.3, 0.4) is 0 Å². The van der Waals surface area contributed by atoms with Crippen LogP contribution in [0.4, 0.5) is 5.69 Å². The van der Waals surface area contributed by atoms with Crippen molar-refractivity contribution in [3.63, 3.8) is 0 Å². The summed E-state index contributed by atoms with van der Waals surface area (Å²) in [6, 6.07) is 13.9. The quantitative estimate of drug-likeness (QED) is 0.834. The van der Waals surface area contributed by atoms with Crippen LogP contribution < -0.4 is 5.32 Å². The molecule has 4 rings (SSSR count). The molecule has 1 fully saturated rings. The van der Waals surface area contributed by atoms with Gasteiger partial charge in [0.25, 0.3) is 11.8 Å². The minimum absolute atomic E-state index is 0.0495. The predicted octanol–water partition coefficient (Wildman–Crippen LogP) is 4.16. The summed E-state index contributed by atoms with van der Waals surface area (Å²) in [5, 5.41) is 3.45. The summed E-state index contributed by atoms with van der Waals surface area (Å²) >= 11 is 0. The van der Waals surface area contributed by atoms with Crippen molar-refractivity contribution in [1.82, 2.24) is 9.80 Å². The number of amides is 2. The number of carbonyl (C=O) groups is 2. The molecule has 0 saturated carbocycles. The molecular weight excluding hydrogens is 374 g/mol. The number of hydrogen-bond donors (Lipinski definition) is 1. The highest BCUT2D eigenvalue weighted by molar-refractivity contribution is 5.96. The lowest BCUT2D eigenvalue weighted by molar-refractivity contribution is 0.0535. The van der Waals surface area contributed by atoms with Gasteiger partial charge in [0, 0.05) is 49.5 Å². The summed E-state index contributed by atoms with van der Waals surface area (Å²) in [6.45, 7) is 7.58. The van der Waals surface area contributed by atoms with Crippen LogP contribution in [0.15, 0.2) is 42.5 Å². The number of fused-ring (bicyclic) bond motifs is 1. The Morgan fingerprint density at radius 1 is 0.833 bits per heavy atom. The first-order chi connectivity index (χ1) is 14.5. The van der Waals surface area contributed by atoms with Gasteiger partial charge in [-0.05, 0) is 66.6 Å². The van der Waals surface area contributed by atoms with Crippen molar-refractivity contribution in [1.29, 1.82) is 0 Å².